The molecule has 0 amide bonds. The molecule has 0 aliphatic heterocycles. The molecule has 0 aliphatic carbocycles. The van der Waals surface area contributed by atoms with Crippen LogP contribution in [0.2, 0.25) is 0 Å². The molecule has 0 heterocycles. The second-order valence-corrected chi connectivity index (χ2v) is 4.92. The summed E-state index contributed by atoms with van der Waals surface area (Å²) in [6.45, 7) is 8.17. The predicted octanol–water partition coefficient (Wildman–Crippen LogP) is 3.62. The van der Waals surface area contributed by atoms with E-state index in [1.165, 1.54) is 11.1 Å². The number of rotatable bonds is 6. The van der Waals surface area contributed by atoms with E-state index < -0.39 is 5.60 Å². The highest BCUT2D eigenvalue weighted by molar-refractivity contribution is 5.89. The first-order chi connectivity index (χ1) is 8.49. The van der Waals surface area contributed by atoms with E-state index in [1.54, 1.807) is 7.11 Å². The first kappa shape index (κ1) is 14.9. The normalized spacial score (nSPS) is 11.6. The van der Waals surface area contributed by atoms with Crippen molar-refractivity contribution in [1.82, 2.24) is 0 Å². The van der Waals surface area contributed by atoms with E-state index in [0.29, 0.717) is 6.42 Å². The molecule has 0 atom stereocenters. The first-order valence-electron chi connectivity index (χ1n) is 6.63. The van der Waals surface area contributed by atoms with Gasteiger partial charge >= 0.3 is 0 Å². The number of Topliss-reactive ketones (excluding diaryl/α,β-unsaturated/α-hetero) is 1. The third kappa shape index (κ3) is 2.99. The molecule has 18 heavy (non-hydrogen) atoms. The minimum atomic E-state index is -0.612. The third-order valence-electron chi connectivity index (χ3n) is 3.98. The maximum absolute atomic E-state index is 12.4. The summed E-state index contributed by atoms with van der Waals surface area (Å²) in [5.74, 6) is 0.179. The average Bonchev–Trinajstić information content (AvgIpc) is 2.37. The summed E-state index contributed by atoms with van der Waals surface area (Å²) in [6.07, 6.45) is 1.91. The molecule has 0 saturated heterocycles. The summed E-state index contributed by atoms with van der Waals surface area (Å²) in [7, 11) is 1.63. The van der Waals surface area contributed by atoms with E-state index in [-0.39, 0.29) is 5.78 Å². The second-order valence-electron chi connectivity index (χ2n) is 4.92. The zero-order chi connectivity index (χ0) is 13.8. The molecule has 0 N–H and O–H groups in total. The molecule has 0 unspecified atom stereocenters. The first-order valence-corrected chi connectivity index (χ1v) is 6.63. The molecule has 0 radical (unpaired) electrons. The van der Waals surface area contributed by atoms with E-state index in [0.717, 1.165) is 18.4 Å². The SMILES string of the molecule is CCC(CC)(OC)C(=O)Cc1ccc(C)c(C)c1. The lowest BCUT2D eigenvalue weighted by Crippen LogP contribution is -2.40. The topological polar surface area (TPSA) is 26.3 Å². The van der Waals surface area contributed by atoms with Crippen LogP contribution >= 0.6 is 0 Å². The van der Waals surface area contributed by atoms with Gasteiger partial charge in [-0.2, -0.15) is 0 Å². The van der Waals surface area contributed by atoms with Crippen molar-refractivity contribution in [2.75, 3.05) is 7.11 Å². The fourth-order valence-corrected chi connectivity index (χ4v) is 2.31. The molecule has 2 nitrogen and oxygen atoms in total. The van der Waals surface area contributed by atoms with Crippen molar-refractivity contribution in [3.63, 3.8) is 0 Å². The highest BCUT2D eigenvalue weighted by atomic mass is 16.5. The minimum absolute atomic E-state index is 0.179. The van der Waals surface area contributed by atoms with Crippen molar-refractivity contribution in [3.05, 3.63) is 34.9 Å². The Morgan fingerprint density at radius 1 is 1.17 bits per heavy atom. The zero-order valence-corrected chi connectivity index (χ0v) is 12.2. The van der Waals surface area contributed by atoms with Gasteiger partial charge in [-0.25, -0.2) is 0 Å². The van der Waals surface area contributed by atoms with Crippen LogP contribution in [0, 0.1) is 13.8 Å². The van der Waals surface area contributed by atoms with Gasteiger partial charge in [0.2, 0.25) is 0 Å². The van der Waals surface area contributed by atoms with Gasteiger partial charge in [0.25, 0.3) is 0 Å². The van der Waals surface area contributed by atoms with Crippen LogP contribution in [-0.4, -0.2) is 18.5 Å². The molecule has 2 heteroatoms. The van der Waals surface area contributed by atoms with Gasteiger partial charge in [-0.3, -0.25) is 4.79 Å². The molecular weight excluding hydrogens is 224 g/mol. The Balaban J connectivity index is 2.89. The predicted molar refractivity (Wildman–Crippen MR) is 74.9 cm³/mol. The highest BCUT2D eigenvalue weighted by Gasteiger charge is 2.33. The summed E-state index contributed by atoms with van der Waals surface area (Å²) in [6, 6.07) is 6.20. The Kier molecular flexibility index (Phi) is 5.09. The lowest BCUT2D eigenvalue weighted by Gasteiger charge is -2.28. The highest BCUT2D eigenvalue weighted by Crippen LogP contribution is 2.23. The van der Waals surface area contributed by atoms with Gasteiger partial charge in [-0.1, -0.05) is 32.0 Å². The van der Waals surface area contributed by atoms with Crippen molar-refractivity contribution in [2.45, 2.75) is 52.6 Å². The van der Waals surface area contributed by atoms with Crippen LogP contribution < -0.4 is 0 Å². The fourth-order valence-electron chi connectivity index (χ4n) is 2.31. The van der Waals surface area contributed by atoms with Gasteiger partial charge in [0, 0.05) is 13.5 Å². The number of carbonyl (C=O) groups excluding carboxylic acids is 1. The fraction of sp³-hybridized carbons (Fsp3) is 0.562. The maximum Gasteiger partial charge on any atom is 0.168 e. The largest absolute Gasteiger partial charge is 0.370 e. The van der Waals surface area contributed by atoms with Crippen molar-refractivity contribution >= 4 is 5.78 Å². The molecule has 0 spiro atoms. The smallest absolute Gasteiger partial charge is 0.168 e. The van der Waals surface area contributed by atoms with Crippen molar-refractivity contribution in [2.24, 2.45) is 0 Å². The average molecular weight is 248 g/mol. The molecule has 1 rings (SSSR count). The molecule has 0 fully saturated rings. The number of benzene rings is 1. The molecular formula is C16H24O2. The Morgan fingerprint density at radius 3 is 2.22 bits per heavy atom. The molecule has 0 bridgehead atoms. The quantitative estimate of drug-likeness (QED) is 0.768. The van der Waals surface area contributed by atoms with Crippen LogP contribution in [-0.2, 0) is 16.0 Å². The van der Waals surface area contributed by atoms with Gasteiger partial charge in [-0.15, -0.1) is 0 Å². The number of methoxy groups -OCH3 is 1. The Bertz CT molecular complexity index is 409. The van der Waals surface area contributed by atoms with E-state index in [1.807, 2.05) is 19.9 Å². The summed E-state index contributed by atoms with van der Waals surface area (Å²) >= 11 is 0. The number of hydrogen-bond acceptors (Lipinski definition) is 2. The summed E-state index contributed by atoms with van der Waals surface area (Å²) in [4.78, 5) is 12.4. The summed E-state index contributed by atoms with van der Waals surface area (Å²) in [5.41, 5.74) is 2.96. The van der Waals surface area contributed by atoms with Crippen LogP contribution in [0.15, 0.2) is 18.2 Å². The van der Waals surface area contributed by atoms with Crippen LogP contribution in [0.4, 0.5) is 0 Å². The molecule has 0 saturated carbocycles. The van der Waals surface area contributed by atoms with Crippen molar-refractivity contribution in [3.8, 4) is 0 Å². The maximum atomic E-state index is 12.4. The number of ketones is 1. The molecule has 1 aromatic rings. The minimum Gasteiger partial charge on any atom is -0.370 e. The van der Waals surface area contributed by atoms with Gasteiger partial charge in [0.15, 0.2) is 5.78 Å². The lowest BCUT2D eigenvalue weighted by molar-refractivity contribution is -0.141. The van der Waals surface area contributed by atoms with Gasteiger partial charge < -0.3 is 4.74 Å². The Morgan fingerprint density at radius 2 is 1.78 bits per heavy atom. The van der Waals surface area contributed by atoms with Gasteiger partial charge in [0.05, 0.1) is 0 Å². The van der Waals surface area contributed by atoms with Gasteiger partial charge in [0.1, 0.15) is 5.60 Å². The van der Waals surface area contributed by atoms with Crippen LogP contribution in [0.25, 0.3) is 0 Å². The number of hydrogen-bond donors (Lipinski definition) is 0. The number of ether oxygens (including phenoxy) is 1. The summed E-state index contributed by atoms with van der Waals surface area (Å²) < 4.78 is 5.47. The van der Waals surface area contributed by atoms with Crippen LogP contribution in [0.3, 0.4) is 0 Å². The van der Waals surface area contributed by atoms with E-state index in [2.05, 4.69) is 26.0 Å². The number of carbonyl (C=O) groups is 1. The molecule has 0 aromatic heterocycles. The van der Waals surface area contributed by atoms with Crippen LogP contribution in [0.1, 0.15) is 43.4 Å². The monoisotopic (exact) mass is 248 g/mol. The second kappa shape index (κ2) is 6.14. The molecule has 0 aliphatic rings. The lowest BCUT2D eigenvalue weighted by atomic mass is 9.87. The van der Waals surface area contributed by atoms with E-state index in [9.17, 15) is 4.79 Å². The third-order valence-corrected chi connectivity index (χ3v) is 3.98. The molecule has 1 aromatic carbocycles. The van der Waals surface area contributed by atoms with E-state index >= 15 is 0 Å². The van der Waals surface area contributed by atoms with Gasteiger partial charge in [-0.05, 0) is 43.4 Å². The standard InChI is InChI=1S/C16H24O2/c1-6-16(7-2,18-5)15(17)11-14-9-8-12(3)13(4)10-14/h8-10H,6-7,11H2,1-5H3. The Labute approximate surface area is 110 Å². The Hall–Kier alpha value is -1.15. The van der Waals surface area contributed by atoms with Crippen LogP contribution in [0.5, 0.6) is 0 Å². The summed E-state index contributed by atoms with van der Waals surface area (Å²) in [5, 5.41) is 0. The van der Waals surface area contributed by atoms with E-state index in [4.69, 9.17) is 4.74 Å². The number of aryl methyl sites for hydroxylation is 2. The molecule has 100 valence electrons. The van der Waals surface area contributed by atoms with Crippen molar-refractivity contribution in [1.29, 1.82) is 0 Å². The zero-order valence-electron chi connectivity index (χ0n) is 12.2. The van der Waals surface area contributed by atoms with Crippen molar-refractivity contribution < 1.29 is 9.53 Å².